The second kappa shape index (κ2) is 6.54. The van der Waals surface area contributed by atoms with E-state index in [1.807, 2.05) is 50.4 Å². The van der Waals surface area contributed by atoms with Crippen molar-refractivity contribution in [3.8, 4) is 0 Å². The molecule has 0 unspecified atom stereocenters. The Morgan fingerprint density at radius 1 is 1.10 bits per heavy atom. The van der Waals surface area contributed by atoms with Crippen LogP contribution in [0.5, 0.6) is 0 Å². The van der Waals surface area contributed by atoms with Gasteiger partial charge in [0.05, 0.1) is 6.54 Å². The molecule has 0 saturated carbocycles. The van der Waals surface area contributed by atoms with Gasteiger partial charge in [0.25, 0.3) is 0 Å². The molecule has 0 aliphatic carbocycles. The number of anilines is 1. The summed E-state index contributed by atoms with van der Waals surface area (Å²) in [5, 5.41) is 7.23. The van der Waals surface area contributed by atoms with E-state index >= 15 is 0 Å². The number of benzene rings is 1. The van der Waals surface area contributed by atoms with Gasteiger partial charge in [-0.25, -0.2) is 0 Å². The molecule has 0 aliphatic heterocycles. The fourth-order valence-corrected chi connectivity index (χ4v) is 2.85. The minimum atomic E-state index is -0.637. The quantitative estimate of drug-likeness (QED) is 0.857. The van der Waals surface area contributed by atoms with Crippen molar-refractivity contribution in [3.63, 3.8) is 0 Å². The first-order valence-corrected chi connectivity index (χ1v) is 7.54. The van der Waals surface area contributed by atoms with Crippen LogP contribution in [-0.4, -0.2) is 11.8 Å². The van der Waals surface area contributed by atoms with Gasteiger partial charge >= 0.3 is 11.8 Å². The van der Waals surface area contributed by atoms with Crippen LogP contribution < -0.4 is 10.6 Å². The van der Waals surface area contributed by atoms with E-state index in [9.17, 15) is 9.59 Å². The largest absolute Gasteiger partial charge is 0.343 e. The Hall–Kier alpha value is -2.14. The van der Waals surface area contributed by atoms with Gasteiger partial charge in [0.15, 0.2) is 0 Å². The topological polar surface area (TPSA) is 58.2 Å². The third-order valence-electron chi connectivity index (χ3n) is 3.13. The van der Waals surface area contributed by atoms with E-state index in [2.05, 4.69) is 10.6 Å². The van der Waals surface area contributed by atoms with E-state index in [0.717, 1.165) is 21.6 Å². The molecule has 1 heterocycles. The molecule has 1 aromatic heterocycles. The standard InChI is InChI=1S/C16H18N2O2S/c1-10-7-11(2)14(12(3)8-10)18-16(20)15(19)17-9-13-5-4-6-21-13/h4-8H,9H2,1-3H3,(H,17,19)(H,18,20). The van der Waals surface area contributed by atoms with Crippen molar-refractivity contribution >= 4 is 28.8 Å². The molecule has 0 spiro atoms. The maximum absolute atomic E-state index is 11.9. The summed E-state index contributed by atoms with van der Waals surface area (Å²) in [6.07, 6.45) is 0. The summed E-state index contributed by atoms with van der Waals surface area (Å²) in [6.45, 7) is 6.20. The Bertz CT molecular complexity index is 640. The van der Waals surface area contributed by atoms with E-state index in [0.29, 0.717) is 12.2 Å². The Morgan fingerprint density at radius 3 is 2.33 bits per heavy atom. The van der Waals surface area contributed by atoms with Crippen LogP contribution in [0.1, 0.15) is 21.6 Å². The first-order chi connectivity index (χ1) is 9.97. The van der Waals surface area contributed by atoms with Crippen LogP contribution in [0, 0.1) is 20.8 Å². The van der Waals surface area contributed by atoms with Gasteiger partial charge in [-0.05, 0) is 43.3 Å². The smallest absolute Gasteiger partial charge is 0.313 e. The monoisotopic (exact) mass is 302 g/mol. The SMILES string of the molecule is Cc1cc(C)c(NC(=O)C(=O)NCc2cccs2)c(C)c1. The Kier molecular flexibility index (Phi) is 4.75. The summed E-state index contributed by atoms with van der Waals surface area (Å²) in [6, 6.07) is 7.78. The maximum Gasteiger partial charge on any atom is 0.313 e. The number of nitrogens with one attached hydrogen (secondary N) is 2. The molecule has 2 N–H and O–H groups in total. The highest BCUT2D eigenvalue weighted by atomic mass is 32.1. The first kappa shape index (κ1) is 15.3. The van der Waals surface area contributed by atoms with Gasteiger partial charge < -0.3 is 10.6 Å². The summed E-state index contributed by atoms with van der Waals surface area (Å²) in [4.78, 5) is 24.8. The van der Waals surface area contributed by atoms with Crippen LogP contribution in [0.15, 0.2) is 29.6 Å². The minimum absolute atomic E-state index is 0.371. The molecule has 0 radical (unpaired) electrons. The van der Waals surface area contributed by atoms with Crippen molar-refractivity contribution in [3.05, 3.63) is 51.2 Å². The second-order valence-electron chi connectivity index (χ2n) is 4.99. The van der Waals surface area contributed by atoms with Gasteiger partial charge in [0.2, 0.25) is 0 Å². The van der Waals surface area contributed by atoms with Crippen LogP contribution in [0.3, 0.4) is 0 Å². The third-order valence-corrected chi connectivity index (χ3v) is 4.00. The molecular formula is C16H18N2O2S. The number of carbonyl (C=O) groups is 2. The van der Waals surface area contributed by atoms with Crippen molar-refractivity contribution < 1.29 is 9.59 Å². The molecular weight excluding hydrogens is 284 g/mol. The van der Waals surface area contributed by atoms with Gasteiger partial charge in [0.1, 0.15) is 0 Å². The van der Waals surface area contributed by atoms with Crippen LogP contribution in [0.25, 0.3) is 0 Å². The summed E-state index contributed by atoms with van der Waals surface area (Å²) in [7, 11) is 0. The van der Waals surface area contributed by atoms with Crippen molar-refractivity contribution in [1.29, 1.82) is 0 Å². The van der Waals surface area contributed by atoms with E-state index in [4.69, 9.17) is 0 Å². The molecule has 0 aliphatic rings. The lowest BCUT2D eigenvalue weighted by atomic mass is 10.1. The van der Waals surface area contributed by atoms with Gasteiger partial charge in [-0.2, -0.15) is 0 Å². The number of thiophene rings is 1. The molecule has 110 valence electrons. The van der Waals surface area contributed by atoms with Crippen molar-refractivity contribution in [2.45, 2.75) is 27.3 Å². The zero-order valence-corrected chi connectivity index (χ0v) is 13.1. The maximum atomic E-state index is 11.9. The molecule has 4 nitrogen and oxygen atoms in total. The van der Waals surface area contributed by atoms with Gasteiger partial charge in [0, 0.05) is 10.6 Å². The van der Waals surface area contributed by atoms with Crippen LogP contribution in [0.2, 0.25) is 0 Å². The number of aryl methyl sites for hydroxylation is 3. The molecule has 0 bridgehead atoms. The van der Waals surface area contributed by atoms with E-state index in [1.165, 1.54) is 0 Å². The van der Waals surface area contributed by atoms with E-state index in [1.54, 1.807) is 11.3 Å². The minimum Gasteiger partial charge on any atom is -0.343 e. The third kappa shape index (κ3) is 3.92. The Morgan fingerprint density at radius 2 is 1.76 bits per heavy atom. The number of rotatable bonds is 3. The fraction of sp³-hybridized carbons (Fsp3) is 0.250. The van der Waals surface area contributed by atoms with Crippen molar-refractivity contribution in [2.75, 3.05) is 5.32 Å². The lowest BCUT2D eigenvalue weighted by molar-refractivity contribution is -0.136. The normalized spacial score (nSPS) is 10.2. The average Bonchev–Trinajstić information content (AvgIpc) is 2.93. The molecule has 0 fully saturated rings. The summed E-state index contributed by atoms with van der Waals surface area (Å²) < 4.78 is 0. The predicted molar refractivity (Wildman–Crippen MR) is 85.4 cm³/mol. The number of carbonyl (C=O) groups excluding carboxylic acids is 2. The molecule has 2 amide bonds. The second-order valence-corrected chi connectivity index (χ2v) is 6.02. The molecule has 2 rings (SSSR count). The summed E-state index contributed by atoms with van der Waals surface area (Å²) in [5.41, 5.74) is 3.74. The summed E-state index contributed by atoms with van der Waals surface area (Å²) in [5.74, 6) is -1.26. The van der Waals surface area contributed by atoms with E-state index < -0.39 is 11.8 Å². The van der Waals surface area contributed by atoms with Gasteiger partial charge in [-0.15, -0.1) is 11.3 Å². The zero-order valence-electron chi connectivity index (χ0n) is 12.3. The molecule has 5 heteroatoms. The highest BCUT2D eigenvalue weighted by Crippen LogP contribution is 2.21. The molecule has 0 atom stereocenters. The number of amides is 2. The zero-order chi connectivity index (χ0) is 15.4. The Labute approximate surface area is 128 Å². The highest BCUT2D eigenvalue weighted by Gasteiger charge is 2.15. The average molecular weight is 302 g/mol. The molecule has 21 heavy (non-hydrogen) atoms. The molecule has 0 saturated heterocycles. The molecule has 1 aromatic carbocycles. The van der Waals surface area contributed by atoms with Crippen LogP contribution in [0.4, 0.5) is 5.69 Å². The number of hydrogen-bond donors (Lipinski definition) is 2. The predicted octanol–water partition coefficient (Wildman–Crippen LogP) is 2.93. The summed E-state index contributed by atoms with van der Waals surface area (Å²) >= 11 is 1.54. The highest BCUT2D eigenvalue weighted by molar-refractivity contribution is 7.09. The molecule has 2 aromatic rings. The van der Waals surface area contributed by atoms with Crippen molar-refractivity contribution in [2.24, 2.45) is 0 Å². The fourth-order valence-electron chi connectivity index (χ4n) is 2.21. The lowest BCUT2D eigenvalue weighted by Gasteiger charge is -2.12. The van der Waals surface area contributed by atoms with E-state index in [-0.39, 0.29) is 0 Å². The first-order valence-electron chi connectivity index (χ1n) is 6.67. The van der Waals surface area contributed by atoms with Gasteiger partial charge in [-0.3, -0.25) is 9.59 Å². The van der Waals surface area contributed by atoms with Crippen LogP contribution >= 0.6 is 11.3 Å². The number of hydrogen-bond acceptors (Lipinski definition) is 3. The lowest BCUT2D eigenvalue weighted by Crippen LogP contribution is -2.35. The van der Waals surface area contributed by atoms with Crippen LogP contribution in [-0.2, 0) is 16.1 Å². The van der Waals surface area contributed by atoms with Gasteiger partial charge in [-0.1, -0.05) is 23.8 Å². The van der Waals surface area contributed by atoms with Crippen molar-refractivity contribution in [1.82, 2.24) is 5.32 Å². The Balaban J connectivity index is 1.99.